The van der Waals surface area contributed by atoms with E-state index < -0.39 is 36.3 Å². The van der Waals surface area contributed by atoms with Crippen molar-refractivity contribution in [3.8, 4) is 5.75 Å². The first-order chi connectivity index (χ1) is 11.1. The first kappa shape index (κ1) is 17.9. The number of nitro benzene ring substituents is 2. The van der Waals surface area contributed by atoms with E-state index in [9.17, 15) is 28.6 Å². The summed E-state index contributed by atoms with van der Waals surface area (Å²) in [5.74, 6) is -0.420. The normalized spacial score (nSPS) is 11.1. The van der Waals surface area contributed by atoms with E-state index in [1.54, 1.807) is 0 Å². The van der Waals surface area contributed by atoms with Gasteiger partial charge in [0.1, 0.15) is 0 Å². The Morgan fingerprint density at radius 3 is 2.17 bits per heavy atom. The minimum absolute atomic E-state index is 0.0578. The van der Waals surface area contributed by atoms with Crippen LogP contribution in [0, 0.1) is 20.2 Å². The maximum Gasteiger partial charge on any atom is 0.346 e. The van der Waals surface area contributed by atoms with Crippen molar-refractivity contribution >= 4 is 44.7 Å². The lowest BCUT2D eigenvalue weighted by molar-refractivity contribution is -0.387. The molecule has 24 heavy (non-hydrogen) atoms. The monoisotopic (exact) mass is 392 g/mol. The molecule has 0 aliphatic carbocycles. The lowest BCUT2D eigenvalue weighted by Gasteiger charge is -2.09. The minimum Gasteiger partial charge on any atom is -0.377 e. The summed E-state index contributed by atoms with van der Waals surface area (Å²) in [6.07, 6.45) is 0. The number of hydrogen-bond donors (Lipinski definition) is 0. The Kier molecular flexibility index (Phi) is 4.92. The summed E-state index contributed by atoms with van der Waals surface area (Å²) in [5, 5.41) is 21.2. The molecule has 0 amide bonds. The lowest BCUT2D eigenvalue weighted by atomic mass is 10.3. The lowest BCUT2D eigenvalue weighted by Crippen LogP contribution is -2.12. The molecule has 0 bridgehead atoms. The highest BCUT2D eigenvalue weighted by atomic mass is 35.5. The molecule has 2 aromatic carbocycles. The average Bonchev–Trinajstić information content (AvgIpc) is 2.48. The van der Waals surface area contributed by atoms with Gasteiger partial charge in [0, 0.05) is 23.2 Å². The Labute approximate surface area is 144 Å². The Bertz CT molecular complexity index is 946. The molecule has 0 aliphatic rings. The Morgan fingerprint density at radius 1 is 0.958 bits per heavy atom. The van der Waals surface area contributed by atoms with Gasteiger partial charge in [0.15, 0.2) is 10.6 Å². The van der Waals surface area contributed by atoms with Crippen LogP contribution in [0.15, 0.2) is 41.3 Å². The topological polar surface area (TPSA) is 130 Å². The molecule has 0 saturated carbocycles. The third-order valence-electron chi connectivity index (χ3n) is 2.71. The zero-order valence-corrected chi connectivity index (χ0v) is 13.7. The highest BCUT2D eigenvalue weighted by Crippen LogP contribution is 2.33. The van der Waals surface area contributed by atoms with Crippen molar-refractivity contribution in [3.63, 3.8) is 0 Å². The van der Waals surface area contributed by atoms with Crippen LogP contribution in [0.4, 0.5) is 11.4 Å². The van der Waals surface area contributed by atoms with E-state index >= 15 is 0 Å². The van der Waals surface area contributed by atoms with E-state index in [1.807, 2.05) is 0 Å². The molecule has 9 nitrogen and oxygen atoms in total. The predicted molar refractivity (Wildman–Crippen MR) is 84.0 cm³/mol. The number of nitrogens with zero attached hydrogens (tertiary/aromatic N) is 2. The Morgan fingerprint density at radius 2 is 1.62 bits per heavy atom. The van der Waals surface area contributed by atoms with Crippen LogP contribution < -0.4 is 4.18 Å². The molecule has 0 fully saturated rings. The maximum absolute atomic E-state index is 12.3. The van der Waals surface area contributed by atoms with Crippen LogP contribution >= 0.6 is 23.2 Å². The number of benzene rings is 2. The molecular weight excluding hydrogens is 387 g/mol. The van der Waals surface area contributed by atoms with E-state index in [4.69, 9.17) is 27.4 Å². The van der Waals surface area contributed by atoms with E-state index in [2.05, 4.69) is 0 Å². The molecule has 0 aromatic heterocycles. The molecular formula is C12H6Cl2N2O7S. The van der Waals surface area contributed by atoms with Crippen molar-refractivity contribution in [1.29, 1.82) is 0 Å². The number of nitro groups is 2. The van der Waals surface area contributed by atoms with Crippen LogP contribution in [0.2, 0.25) is 10.0 Å². The van der Waals surface area contributed by atoms with E-state index in [1.165, 1.54) is 0 Å². The van der Waals surface area contributed by atoms with Gasteiger partial charge in [0.2, 0.25) is 0 Å². The van der Waals surface area contributed by atoms with E-state index in [0.717, 1.165) is 36.4 Å². The summed E-state index contributed by atoms with van der Waals surface area (Å²) < 4.78 is 29.3. The first-order valence-corrected chi connectivity index (χ1v) is 8.10. The second-order valence-corrected chi connectivity index (χ2v) is 6.64. The zero-order valence-electron chi connectivity index (χ0n) is 11.4. The fraction of sp³-hybridized carbons (Fsp3) is 0. The van der Waals surface area contributed by atoms with Gasteiger partial charge < -0.3 is 4.18 Å². The Balaban J connectivity index is 2.48. The van der Waals surface area contributed by atoms with Crippen molar-refractivity contribution in [2.24, 2.45) is 0 Å². The summed E-state index contributed by atoms with van der Waals surface area (Å²) in [4.78, 5) is 19.2. The minimum atomic E-state index is -4.65. The fourth-order valence-electron chi connectivity index (χ4n) is 1.67. The number of hydrogen-bond acceptors (Lipinski definition) is 7. The second kappa shape index (κ2) is 6.59. The molecule has 2 rings (SSSR count). The number of rotatable bonds is 5. The van der Waals surface area contributed by atoms with Gasteiger partial charge in [-0.1, -0.05) is 23.2 Å². The smallest absolute Gasteiger partial charge is 0.346 e. The molecule has 2 aromatic rings. The SMILES string of the molecule is O=[N+]([O-])c1ccc(OS(=O)(=O)c2cc(Cl)ccc2[N+](=O)[O-])c(Cl)c1. The molecule has 0 unspecified atom stereocenters. The highest BCUT2D eigenvalue weighted by Gasteiger charge is 2.29. The predicted octanol–water partition coefficient (Wildman–Crippen LogP) is 3.58. The summed E-state index contributed by atoms with van der Waals surface area (Å²) >= 11 is 11.4. The molecule has 0 aliphatic heterocycles. The van der Waals surface area contributed by atoms with Gasteiger partial charge in [0.05, 0.1) is 14.9 Å². The van der Waals surface area contributed by atoms with Gasteiger partial charge in [-0.3, -0.25) is 20.2 Å². The van der Waals surface area contributed by atoms with Gasteiger partial charge in [-0.05, 0) is 18.2 Å². The van der Waals surface area contributed by atoms with E-state index in [0.29, 0.717) is 0 Å². The first-order valence-electron chi connectivity index (χ1n) is 5.94. The third kappa shape index (κ3) is 3.72. The summed E-state index contributed by atoms with van der Waals surface area (Å²) in [6.45, 7) is 0. The molecule has 0 N–H and O–H groups in total. The standard InChI is InChI=1S/C12H6Cl2N2O7S/c13-7-1-3-10(16(19)20)12(5-7)24(21,22)23-11-4-2-8(15(17)18)6-9(11)14/h1-6H. The van der Waals surface area contributed by atoms with Crippen molar-refractivity contribution in [2.45, 2.75) is 4.90 Å². The van der Waals surface area contributed by atoms with Crippen molar-refractivity contribution in [3.05, 3.63) is 66.7 Å². The summed E-state index contributed by atoms with van der Waals surface area (Å²) in [7, 11) is -4.65. The molecule has 0 radical (unpaired) electrons. The Hall–Kier alpha value is -2.43. The molecule has 0 heterocycles. The van der Waals surface area contributed by atoms with Crippen molar-refractivity contribution in [2.75, 3.05) is 0 Å². The van der Waals surface area contributed by atoms with Crippen LogP contribution in [-0.4, -0.2) is 18.3 Å². The van der Waals surface area contributed by atoms with E-state index in [-0.39, 0.29) is 15.7 Å². The van der Waals surface area contributed by atoms with Crippen LogP contribution in [-0.2, 0) is 10.1 Å². The van der Waals surface area contributed by atoms with Gasteiger partial charge >= 0.3 is 10.1 Å². The van der Waals surface area contributed by atoms with Crippen LogP contribution in [0.1, 0.15) is 0 Å². The largest absolute Gasteiger partial charge is 0.377 e. The fourth-order valence-corrected chi connectivity index (χ4v) is 3.31. The molecule has 126 valence electrons. The van der Waals surface area contributed by atoms with Gasteiger partial charge in [-0.15, -0.1) is 0 Å². The molecule has 0 atom stereocenters. The third-order valence-corrected chi connectivity index (χ3v) is 4.51. The van der Waals surface area contributed by atoms with Crippen LogP contribution in [0.5, 0.6) is 5.75 Å². The van der Waals surface area contributed by atoms with Gasteiger partial charge in [-0.2, -0.15) is 8.42 Å². The van der Waals surface area contributed by atoms with Crippen molar-refractivity contribution < 1.29 is 22.4 Å². The highest BCUT2D eigenvalue weighted by molar-refractivity contribution is 7.87. The van der Waals surface area contributed by atoms with Gasteiger partial charge in [-0.25, -0.2) is 0 Å². The number of halogens is 2. The van der Waals surface area contributed by atoms with Crippen molar-refractivity contribution in [1.82, 2.24) is 0 Å². The molecule has 0 saturated heterocycles. The van der Waals surface area contributed by atoms with Gasteiger partial charge in [0.25, 0.3) is 11.4 Å². The van der Waals surface area contributed by atoms with Crippen LogP contribution in [0.3, 0.4) is 0 Å². The summed E-state index contributed by atoms with van der Waals surface area (Å²) in [5.41, 5.74) is -1.11. The average molecular weight is 393 g/mol. The second-order valence-electron chi connectivity index (χ2n) is 4.28. The molecule has 12 heteroatoms. The quantitative estimate of drug-likeness (QED) is 0.431. The zero-order chi connectivity index (χ0) is 18.1. The molecule has 0 spiro atoms. The van der Waals surface area contributed by atoms with Crippen LogP contribution in [0.25, 0.3) is 0 Å². The summed E-state index contributed by atoms with van der Waals surface area (Å²) in [6, 6.07) is 5.75. The number of non-ortho nitro benzene ring substituents is 1. The maximum atomic E-state index is 12.3.